The molecular weight excluding hydrogens is 422 g/mol. The van der Waals surface area contributed by atoms with E-state index in [0.29, 0.717) is 5.56 Å². The standard InChI is InChI=1S/C25H39N3O5/c1-7-11-16(2)26-22(30)21(19-14-8-9-15-20(19)29)28(18-12-10-13-18)23(31)17(3)27-24(32)33-25(4,5)6/h8-9,14-18,21,29H,7,10-13H2,1-6H3,(H,26,30)(H,27,32). The molecule has 0 aromatic heterocycles. The van der Waals surface area contributed by atoms with Crippen molar-refractivity contribution in [3.8, 4) is 5.75 Å². The molecular formula is C25H39N3O5. The normalized spacial score (nSPS) is 16.7. The van der Waals surface area contributed by atoms with Crippen molar-refractivity contribution in [3.05, 3.63) is 29.8 Å². The molecule has 0 spiro atoms. The Bertz CT molecular complexity index is 832. The molecule has 1 aromatic carbocycles. The number of hydrogen-bond acceptors (Lipinski definition) is 5. The molecule has 0 aliphatic heterocycles. The summed E-state index contributed by atoms with van der Waals surface area (Å²) in [6, 6.07) is 4.43. The minimum absolute atomic E-state index is 0.0503. The molecule has 1 fully saturated rings. The molecule has 3 amide bonds. The third kappa shape index (κ3) is 7.37. The summed E-state index contributed by atoms with van der Waals surface area (Å²) in [5, 5.41) is 16.2. The van der Waals surface area contributed by atoms with Crippen LogP contribution in [0.1, 0.15) is 85.3 Å². The molecule has 3 atom stereocenters. The lowest BCUT2D eigenvalue weighted by atomic mass is 9.88. The van der Waals surface area contributed by atoms with E-state index in [1.165, 1.54) is 11.0 Å². The van der Waals surface area contributed by atoms with Crippen LogP contribution in [0.2, 0.25) is 0 Å². The second-order valence-corrected chi connectivity index (χ2v) is 9.86. The zero-order chi connectivity index (χ0) is 24.8. The highest BCUT2D eigenvalue weighted by atomic mass is 16.6. The Labute approximate surface area is 197 Å². The zero-order valence-electron chi connectivity index (χ0n) is 20.7. The summed E-state index contributed by atoms with van der Waals surface area (Å²) < 4.78 is 5.29. The number of alkyl carbamates (subject to hydrolysis) is 1. The number of rotatable bonds is 9. The summed E-state index contributed by atoms with van der Waals surface area (Å²) in [7, 11) is 0. The van der Waals surface area contributed by atoms with E-state index in [-0.39, 0.29) is 23.7 Å². The Morgan fingerprint density at radius 3 is 2.30 bits per heavy atom. The average Bonchev–Trinajstić information content (AvgIpc) is 2.65. The lowest BCUT2D eigenvalue weighted by Gasteiger charge is -2.43. The molecule has 33 heavy (non-hydrogen) atoms. The van der Waals surface area contributed by atoms with Gasteiger partial charge in [-0.15, -0.1) is 0 Å². The molecule has 3 unspecified atom stereocenters. The van der Waals surface area contributed by atoms with Crippen LogP contribution in [0.3, 0.4) is 0 Å². The van der Waals surface area contributed by atoms with Crippen molar-refractivity contribution < 1.29 is 24.2 Å². The Morgan fingerprint density at radius 2 is 1.79 bits per heavy atom. The number of nitrogens with zero attached hydrogens (tertiary/aromatic N) is 1. The number of amides is 3. The van der Waals surface area contributed by atoms with E-state index in [0.717, 1.165) is 32.1 Å². The summed E-state index contributed by atoms with van der Waals surface area (Å²) in [5.74, 6) is -0.787. The summed E-state index contributed by atoms with van der Waals surface area (Å²) >= 11 is 0. The van der Waals surface area contributed by atoms with Gasteiger partial charge in [0.05, 0.1) is 0 Å². The van der Waals surface area contributed by atoms with Gasteiger partial charge in [0.1, 0.15) is 23.4 Å². The van der Waals surface area contributed by atoms with Gasteiger partial charge in [0, 0.05) is 17.6 Å². The van der Waals surface area contributed by atoms with Crippen LogP contribution in [0.4, 0.5) is 4.79 Å². The van der Waals surface area contributed by atoms with Crippen LogP contribution < -0.4 is 10.6 Å². The van der Waals surface area contributed by atoms with Crippen LogP contribution in [0.5, 0.6) is 5.75 Å². The predicted octanol–water partition coefficient (Wildman–Crippen LogP) is 4.03. The fraction of sp³-hybridized carbons (Fsp3) is 0.640. The van der Waals surface area contributed by atoms with Crippen LogP contribution in [0.25, 0.3) is 0 Å². The average molecular weight is 462 g/mol. The monoisotopic (exact) mass is 461 g/mol. The second-order valence-electron chi connectivity index (χ2n) is 9.86. The summed E-state index contributed by atoms with van der Waals surface area (Å²) in [6.07, 6.45) is 3.47. The largest absolute Gasteiger partial charge is 0.508 e. The number of phenols is 1. The van der Waals surface area contributed by atoms with Gasteiger partial charge in [0.2, 0.25) is 11.8 Å². The van der Waals surface area contributed by atoms with Crippen LogP contribution >= 0.6 is 0 Å². The molecule has 8 nitrogen and oxygen atoms in total. The van der Waals surface area contributed by atoms with Gasteiger partial charge >= 0.3 is 6.09 Å². The molecule has 0 bridgehead atoms. The smallest absolute Gasteiger partial charge is 0.408 e. The maximum absolute atomic E-state index is 13.6. The van der Waals surface area contributed by atoms with E-state index in [4.69, 9.17) is 4.74 Å². The molecule has 8 heteroatoms. The van der Waals surface area contributed by atoms with Gasteiger partial charge in [-0.1, -0.05) is 31.5 Å². The first-order chi connectivity index (χ1) is 15.4. The van der Waals surface area contributed by atoms with Gasteiger partial charge in [0.15, 0.2) is 0 Å². The Morgan fingerprint density at radius 1 is 1.15 bits per heavy atom. The number of ether oxygens (including phenoxy) is 1. The Hall–Kier alpha value is -2.77. The Balaban J connectivity index is 2.37. The van der Waals surface area contributed by atoms with Crippen molar-refractivity contribution in [1.82, 2.24) is 15.5 Å². The fourth-order valence-corrected chi connectivity index (χ4v) is 3.92. The van der Waals surface area contributed by atoms with Gasteiger partial charge < -0.3 is 25.4 Å². The maximum Gasteiger partial charge on any atom is 0.408 e. The van der Waals surface area contributed by atoms with E-state index in [1.54, 1.807) is 45.9 Å². The second kappa shape index (κ2) is 11.4. The molecule has 0 radical (unpaired) electrons. The highest BCUT2D eigenvalue weighted by Gasteiger charge is 2.42. The summed E-state index contributed by atoms with van der Waals surface area (Å²) in [5.41, 5.74) is -0.336. The fourth-order valence-electron chi connectivity index (χ4n) is 3.92. The van der Waals surface area contributed by atoms with Crippen LogP contribution in [0, 0.1) is 0 Å². The van der Waals surface area contributed by atoms with E-state index in [9.17, 15) is 19.5 Å². The number of para-hydroxylation sites is 1. The first-order valence-corrected chi connectivity index (χ1v) is 11.8. The lowest BCUT2D eigenvalue weighted by Crippen LogP contribution is -2.57. The van der Waals surface area contributed by atoms with Crippen LogP contribution in [-0.2, 0) is 14.3 Å². The van der Waals surface area contributed by atoms with Gasteiger partial charge in [-0.05, 0) is 66.4 Å². The van der Waals surface area contributed by atoms with Crippen LogP contribution in [0.15, 0.2) is 24.3 Å². The first-order valence-electron chi connectivity index (χ1n) is 11.8. The molecule has 1 aromatic rings. The van der Waals surface area contributed by atoms with E-state index in [1.807, 2.05) is 13.8 Å². The predicted molar refractivity (Wildman–Crippen MR) is 127 cm³/mol. The number of nitrogens with one attached hydrogen (secondary N) is 2. The third-order valence-electron chi connectivity index (χ3n) is 5.69. The summed E-state index contributed by atoms with van der Waals surface area (Å²) in [6.45, 7) is 10.8. The molecule has 0 saturated heterocycles. The first kappa shape index (κ1) is 26.5. The quantitative estimate of drug-likeness (QED) is 0.515. The number of hydrogen-bond donors (Lipinski definition) is 3. The maximum atomic E-state index is 13.6. The number of aromatic hydroxyl groups is 1. The summed E-state index contributed by atoms with van der Waals surface area (Å²) in [4.78, 5) is 40.9. The highest BCUT2D eigenvalue weighted by molar-refractivity contribution is 5.92. The van der Waals surface area contributed by atoms with Crippen LogP contribution in [-0.4, -0.2) is 51.6 Å². The number of carbonyl (C=O) groups excluding carboxylic acids is 3. The third-order valence-corrected chi connectivity index (χ3v) is 5.69. The SMILES string of the molecule is CCCC(C)NC(=O)C(c1ccccc1O)N(C(=O)C(C)NC(=O)OC(C)(C)C)C1CCC1. The molecule has 1 saturated carbocycles. The molecule has 1 aliphatic rings. The number of carbonyl (C=O) groups is 3. The van der Waals surface area contributed by atoms with Crippen molar-refractivity contribution in [3.63, 3.8) is 0 Å². The van der Waals surface area contributed by atoms with Gasteiger partial charge in [0.25, 0.3) is 0 Å². The van der Waals surface area contributed by atoms with Crippen molar-refractivity contribution in [2.45, 2.75) is 103 Å². The molecule has 0 heterocycles. The van der Waals surface area contributed by atoms with E-state index < -0.39 is 29.7 Å². The van der Waals surface area contributed by atoms with Gasteiger partial charge in [-0.2, -0.15) is 0 Å². The molecule has 2 rings (SSSR count). The van der Waals surface area contributed by atoms with E-state index >= 15 is 0 Å². The van der Waals surface area contributed by atoms with E-state index in [2.05, 4.69) is 10.6 Å². The zero-order valence-corrected chi connectivity index (χ0v) is 20.7. The number of phenolic OH excluding ortho intramolecular Hbond substituents is 1. The molecule has 3 N–H and O–H groups in total. The highest BCUT2D eigenvalue weighted by Crippen LogP contribution is 2.36. The van der Waals surface area contributed by atoms with Crippen molar-refractivity contribution in [2.75, 3.05) is 0 Å². The van der Waals surface area contributed by atoms with Crippen molar-refractivity contribution in [2.24, 2.45) is 0 Å². The minimum Gasteiger partial charge on any atom is -0.508 e. The Kier molecular flexibility index (Phi) is 9.14. The lowest BCUT2D eigenvalue weighted by molar-refractivity contribution is -0.147. The molecule has 184 valence electrons. The molecule has 1 aliphatic carbocycles. The topological polar surface area (TPSA) is 108 Å². The van der Waals surface area contributed by atoms with Crippen molar-refractivity contribution >= 4 is 17.9 Å². The minimum atomic E-state index is -1.01. The van der Waals surface area contributed by atoms with Gasteiger partial charge in [-0.25, -0.2) is 4.79 Å². The van der Waals surface area contributed by atoms with Crippen molar-refractivity contribution in [1.29, 1.82) is 0 Å². The van der Waals surface area contributed by atoms with Gasteiger partial charge in [-0.3, -0.25) is 9.59 Å². The number of benzene rings is 1.